The smallest absolute Gasteiger partial charge is 0.306 e. The molecule has 4 aromatic carbocycles. The summed E-state index contributed by atoms with van der Waals surface area (Å²) in [5.74, 6) is 1.68. The number of rotatable bonds is 39. The highest BCUT2D eigenvalue weighted by molar-refractivity contribution is 7.88. The van der Waals surface area contributed by atoms with Gasteiger partial charge in [0.2, 0.25) is 0 Å². The number of amides is 1. The van der Waals surface area contributed by atoms with Gasteiger partial charge in [-0.2, -0.15) is 0 Å². The summed E-state index contributed by atoms with van der Waals surface area (Å²) < 4.78 is 65.2. The van der Waals surface area contributed by atoms with E-state index in [1.807, 2.05) is 150 Å². The van der Waals surface area contributed by atoms with Gasteiger partial charge in [-0.3, -0.25) is 31.2 Å². The lowest BCUT2D eigenvalue weighted by Crippen LogP contribution is -2.26. The standard InChI is InChI=1S/C27H32N4O3S3.C26H27N3O3S3.C23H24N4O3S3.C21H22N4OS3/c1-4-5-15-37(33)27-24(28)23-20(16-21(30-26(23)36-27)25-29-12-14-35-25)19-10-8-18(9-11-19)17-34-22(32)7-6-13-31(2)3;1-3-5-7-21(30)32-16-17-8-10-18(11-9-17)19-15-20(24-28-12-13-33-24)29-25-22(19)23(27)26(34-25)35(31)14-6-4-2;1-2-3-12-33(30)23-19(24)18-16(13-17(27-22(18)32-23)21-26-9-11-31-21)14-4-6-15(7-5-14)20(29)25-8-10-28;1-2-3-10-29(26)21-18(23)17-15(14-6-4-13(12-22)5-7-14)11-16(25-20(17)28-21)19-24-8-9-27-19/h8-12,14,16H,4-7,13,15,17,28H2,1-3H3;3,8-13,15H,1,4-7,14,16,27H2,2H3;4-7,9,11,13,28H,2-3,8,10,12,24H2,1H3,(H,25,29);4-9,11H,2-3,10,12,22-23H2,1H3. The molecule has 1 amide bonds. The van der Waals surface area contributed by atoms with Crippen molar-refractivity contribution in [3.05, 3.63) is 203 Å². The first-order valence-electron chi connectivity index (χ1n) is 43.6. The first-order valence-corrected chi connectivity index (χ1v) is 55.7. The Morgan fingerprint density at radius 2 is 0.739 bits per heavy atom. The molecule has 12 aromatic heterocycles. The molecule has 0 aliphatic heterocycles. The summed E-state index contributed by atoms with van der Waals surface area (Å²) in [7, 11) is -0.652. The Bertz CT molecular complexity index is 6770. The first-order chi connectivity index (χ1) is 65.0. The van der Waals surface area contributed by atoms with E-state index in [9.17, 15) is 31.2 Å². The van der Waals surface area contributed by atoms with Crippen LogP contribution in [0.5, 0.6) is 0 Å². The van der Waals surface area contributed by atoms with Crippen LogP contribution in [0.2, 0.25) is 0 Å². The first kappa shape index (κ1) is 101. The molecule has 16 aromatic rings. The fourth-order valence-electron chi connectivity index (χ4n) is 14.0. The summed E-state index contributed by atoms with van der Waals surface area (Å²) in [5, 5.41) is 25.8. The number of allylic oxidation sites excluding steroid dienone is 1. The summed E-state index contributed by atoms with van der Waals surface area (Å²) in [6.45, 7) is 13.8. The second-order valence-electron chi connectivity index (χ2n) is 31.0. The largest absolute Gasteiger partial charge is 0.461 e. The van der Waals surface area contributed by atoms with E-state index >= 15 is 0 Å². The van der Waals surface area contributed by atoms with Gasteiger partial charge < -0.3 is 53.5 Å². The van der Waals surface area contributed by atoms with Crippen molar-refractivity contribution in [2.24, 2.45) is 5.73 Å². The fourth-order valence-corrected chi connectivity index (χ4v) is 27.6. The Labute approximate surface area is 820 Å². The maximum Gasteiger partial charge on any atom is 0.306 e. The van der Waals surface area contributed by atoms with Gasteiger partial charge in [0.1, 0.15) is 92.2 Å². The number of aliphatic hydroxyl groups is 1. The number of nitrogens with one attached hydrogen (secondary N) is 1. The second kappa shape index (κ2) is 49.4. The predicted molar refractivity (Wildman–Crippen MR) is 561 cm³/mol. The number of thiazole rings is 4. The van der Waals surface area contributed by atoms with Crippen LogP contribution < -0.4 is 34.0 Å². The fraction of sp³-hybridized carbons (Fsp3) is 0.289. The normalized spacial score (nSPS) is 12.2. The molecule has 134 heavy (non-hydrogen) atoms. The Morgan fingerprint density at radius 1 is 0.440 bits per heavy atom. The highest BCUT2D eigenvalue weighted by atomic mass is 32.2. The van der Waals surface area contributed by atoms with Crippen molar-refractivity contribution in [1.29, 1.82) is 0 Å². The number of esters is 2. The number of nitrogens with zero attached hydrogens (tertiary/aromatic N) is 9. The van der Waals surface area contributed by atoms with Crippen LogP contribution >= 0.6 is 90.7 Å². The molecule has 0 radical (unpaired) electrons. The van der Waals surface area contributed by atoms with Crippen molar-refractivity contribution in [1.82, 2.24) is 50.1 Å². The number of ether oxygens (including phenoxy) is 2. The highest BCUT2D eigenvalue weighted by Crippen LogP contribution is 2.49. The average Bonchev–Trinajstić information content (AvgIpc) is 1.62. The van der Waals surface area contributed by atoms with Gasteiger partial charge >= 0.3 is 11.9 Å². The molecule has 0 aliphatic carbocycles. The van der Waals surface area contributed by atoms with Gasteiger partial charge in [-0.15, -0.1) is 97.3 Å². The van der Waals surface area contributed by atoms with E-state index in [1.165, 1.54) is 79.4 Å². The van der Waals surface area contributed by atoms with Crippen LogP contribution in [0.3, 0.4) is 0 Å². The van der Waals surface area contributed by atoms with Gasteiger partial charge in [0.05, 0.1) is 72.6 Å². The molecular formula is C97H105N15O10S12. The minimum Gasteiger partial charge on any atom is -0.461 e. The van der Waals surface area contributed by atoms with Gasteiger partial charge in [0.25, 0.3) is 5.91 Å². The van der Waals surface area contributed by atoms with Gasteiger partial charge in [0.15, 0.2) is 0 Å². The number of pyridine rings is 4. The Morgan fingerprint density at radius 3 is 1.01 bits per heavy atom. The van der Waals surface area contributed by atoms with Crippen molar-refractivity contribution in [3.8, 4) is 87.3 Å². The third kappa shape index (κ3) is 25.5. The van der Waals surface area contributed by atoms with Crippen LogP contribution in [-0.4, -0.2) is 141 Å². The summed E-state index contributed by atoms with van der Waals surface area (Å²) in [5.41, 5.74) is 48.0. The Hall–Kier alpha value is -10.3. The number of unbranched alkanes of at least 4 members (excludes halogenated alkanes) is 4. The third-order valence-electron chi connectivity index (χ3n) is 21.0. The lowest BCUT2D eigenvalue weighted by Gasteiger charge is -2.10. The van der Waals surface area contributed by atoms with Crippen LogP contribution in [-0.2, 0) is 82.0 Å². The minimum absolute atomic E-state index is 0.113. The lowest BCUT2D eigenvalue weighted by molar-refractivity contribution is -0.145. The van der Waals surface area contributed by atoms with Gasteiger partial charge in [-0.25, -0.2) is 39.9 Å². The van der Waals surface area contributed by atoms with Gasteiger partial charge in [-0.1, -0.05) is 144 Å². The highest BCUT2D eigenvalue weighted by Gasteiger charge is 2.28. The molecule has 4 unspecified atom stereocenters. The average molecular weight is 2030 g/mol. The molecule has 0 fully saturated rings. The molecule has 0 aliphatic rings. The summed E-state index contributed by atoms with van der Waals surface area (Å²) in [6, 6.07) is 39.1. The number of nitrogens with two attached hydrogens (primary N) is 5. The Kier molecular flexibility index (Phi) is 37.3. The number of fused-ring (bicyclic) bond motifs is 4. The van der Waals surface area contributed by atoms with E-state index in [1.54, 1.807) is 54.3 Å². The van der Waals surface area contributed by atoms with Crippen LogP contribution in [0, 0.1) is 0 Å². The molecule has 0 spiro atoms. The monoisotopic (exact) mass is 2020 g/mol. The summed E-state index contributed by atoms with van der Waals surface area (Å²) in [4.78, 5) is 78.1. The number of aliphatic hydroxyl groups excluding tert-OH is 1. The topological polar surface area (TPSA) is 407 Å². The van der Waals surface area contributed by atoms with Crippen molar-refractivity contribution < 1.29 is 45.8 Å². The van der Waals surface area contributed by atoms with E-state index in [0.29, 0.717) is 89.8 Å². The van der Waals surface area contributed by atoms with Crippen LogP contribution in [0.4, 0.5) is 22.7 Å². The number of aromatic nitrogens is 8. The van der Waals surface area contributed by atoms with E-state index in [0.717, 1.165) is 213 Å². The minimum atomic E-state index is -1.18. The number of benzene rings is 4. The van der Waals surface area contributed by atoms with E-state index in [-0.39, 0.29) is 44.2 Å². The number of carbonyl (C=O) groups is 3. The number of hydrogen-bond acceptors (Lipinski definition) is 32. The predicted octanol–water partition coefficient (Wildman–Crippen LogP) is 21.9. The molecule has 25 nitrogen and oxygen atoms in total. The molecule has 0 saturated carbocycles. The molecule has 4 atom stereocenters. The zero-order valence-corrected chi connectivity index (χ0v) is 84.7. The zero-order valence-electron chi connectivity index (χ0n) is 74.9. The molecule has 16 rings (SSSR count). The Balaban J connectivity index is 0.000000152. The molecule has 37 heteroatoms. The lowest BCUT2D eigenvalue weighted by atomic mass is 10.0. The summed E-state index contributed by atoms with van der Waals surface area (Å²) in [6.07, 6.45) is 18.3. The number of thiophene rings is 4. The van der Waals surface area contributed by atoms with Crippen molar-refractivity contribution in [2.45, 2.75) is 141 Å². The summed E-state index contributed by atoms with van der Waals surface area (Å²) >= 11 is 11.7. The van der Waals surface area contributed by atoms with E-state index in [2.05, 4.69) is 59.5 Å². The van der Waals surface area contributed by atoms with E-state index in [4.69, 9.17) is 63.2 Å². The second-order valence-corrected chi connectivity index (χ2v) is 45.7. The quantitative estimate of drug-likeness (QED) is 0.0139. The molecule has 0 saturated heterocycles. The van der Waals surface area contributed by atoms with Crippen molar-refractivity contribution in [3.63, 3.8) is 0 Å². The van der Waals surface area contributed by atoms with Crippen molar-refractivity contribution in [2.75, 3.05) is 79.7 Å². The molecule has 12 N–H and O–H groups in total. The zero-order chi connectivity index (χ0) is 94.9. The maximum atomic E-state index is 13.0. The SMILES string of the molecule is C=CCCC(=O)OCc1ccc(-c2cc(-c3nccs3)nc3sc(S(=O)CCCC)c(N)c23)cc1.CCCCS(=O)c1sc2nc(-c3nccs3)cc(-c3ccc(C(=O)NCCO)cc3)c2c1N.CCCCS(=O)c1sc2nc(-c3nccs3)cc(-c3ccc(CN)cc3)c2c1N.CCCCS(=O)c1sc2nc(-c3nccs3)cc(-c3ccc(COC(=O)CCCN(C)C)cc3)c2c1N. The van der Waals surface area contributed by atoms with Crippen LogP contribution in [0.25, 0.3) is 128 Å². The molecule has 0 bridgehead atoms. The maximum absolute atomic E-state index is 13.0. The van der Waals surface area contributed by atoms with Crippen LogP contribution in [0.15, 0.2) is 197 Å². The number of carbonyl (C=O) groups excluding carboxylic acids is 3. The number of nitrogen functional groups attached to an aromatic ring is 4. The molecular weight excluding hydrogens is 1920 g/mol. The number of anilines is 4. The van der Waals surface area contributed by atoms with Gasteiger partial charge in [-0.05, 0) is 157 Å². The van der Waals surface area contributed by atoms with Crippen LogP contribution in [0.1, 0.15) is 132 Å². The third-order valence-corrected chi connectivity index (χ3v) is 36.2. The molecule has 12 heterocycles. The number of hydrogen-bond donors (Lipinski definition) is 7. The van der Waals surface area contributed by atoms with E-state index < -0.39 is 43.2 Å². The van der Waals surface area contributed by atoms with Crippen molar-refractivity contribution >= 4 is 215 Å². The van der Waals surface area contributed by atoms with Gasteiger partial charge in [0, 0.05) is 122 Å². The molecule has 700 valence electrons.